The zero-order valence-electron chi connectivity index (χ0n) is 16.1. The fraction of sp³-hybridized carbons (Fsp3) is 0.318. The molecule has 29 heavy (non-hydrogen) atoms. The number of benzene rings is 1. The first-order valence-corrected chi connectivity index (χ1v) is 10.3. The van der Waals surface area contributed by atoms with E-state index in [1.165, 1.54) is 19.3 Å². The van der Waals surface area contributed by atoms with E-state index in [2.05, 4.69) is 20.2 Å². The van der Waals surface area contributed by atoms with Gasteiger partial charge in [-0.25, -0.2) is 9.97 Å². The molecule has 1 N–H and O–H groups in total. The molecular weight excluding hydrogens is 388 g/mol. The van der Waals surface area contributed by atoms with Crippen LogP contribution >= 0.6 is 11.6 Å². The lowest BCUT2D eigenvalue weighted by Crippen LogP contribution is -2.30. The normalized spacial score (nSPS) is 14.0. The topological polar surface area (TPSA) is 71.3 Å². The zero-order valence-corrected chi connectivity index (χ0v) is 16.9. The van der Waals surface area contributed by atoms with Crippen molar-refractivity contribution in [1.82, 2.24) is 9.97 Å². The van der Waals surface area contributed by atoms with Crippen LogP contribution in [0.3, 0.4) is 0 Å². The predicted molar refractivity (Wildman–Crippen MR) is 114 cm³/mol. The molecule has 0 saturated carbocycles. The Hall–Kier alpha value is -2.86. The third-order valence-corrected chi connectivity index (χ3v) is 5.30. The molecule has 4 rings (SSSR count). The second kappa shape index (κ2) is 9.09. The molecule has 2 aromatic heterocycles. The van der Waals surface area contributed by atoms with Crippen molar-refractivity contribution in [2.24, 2.45) is 0 Å². The lowest BCUT2D eigenvalue weighted by molar-refractivity contribution is -0.116. The van der Waals surface area contributed by atoms with Gasteiger partial charge in [0.05, 0.1) is 23.1 Å². The summed E-state index contributed by atoms with van der Waals surface area (Å²) in [5.41, 5.74) is 1.48. The first-order chi connectivity index (χ1) is 14.2. The first kappa shape index (κ1) is 19.5. The van der Waals surface area contributed by atoms with Crippen molar-refractivity contribution in [3.63, 3.8) is 0 Å². The minimum atomic E-state index is -0.102. The summed E-state index contributed by atoms with van der Waals surface area (Å²) in [6.07, 6.45) is 7.74. The second-order valence-electron chi connectivity index (χ2n) is 7.10. The lowest BCUT2D eigenvalue weighted by Gasteiger charge is -2.27. The monoisotopic (exact) mass is 410 g/mol. The van der Waals surface area contributed by atoms with Crippen LogP contribution in [0, 0.1) is 0 Å². The van der Waals surface area contributed by atoms with E-state index in [0.717, 1.165) is 24.5 Å². The van der Waals surface area contributed by atoms with Gasteiger partial charge in [-0.05, 0) is 43.5 Å². The van der Waals surface area contributed by atoms with Gasteiger partial charge in [0.2, 0.25) is 5.91 Å². The molecule has 0 unspecified atom stereocenters. The van der Waals surface area contributed by atoms with Crippen LogP contribution in [0.5, 0.6) is 0 Å². The van der Waals surface area contributed by atoms with Crippen LogP contribution in [0.1, 0.15) is 31.6 Å². The SMILES string of the molecule is O=C(CCc1ncc(-c2ccccc2Cl)o1)Nc1ccc(N2CCCCC2)nc1. The molecule has 0 spiro atoms. The summed E-state index contributed by atoms with van der Waals surface area (Å²) in [5.74, 6) is 1.97. The van der Waals surface area contributed by atoms with Gasteiger partial charge in [0.1, 0.15) is 5.82 Å². The Bertz CT molecular complexity index is 965. The highest BCUT2D eigenvalue weighted by Crippen LogP contribution is 2.28. The highest BCUT2D eigenvalue weighted by atomic mass is 35.5. The minimum Gasteiger partial charge on any atom is -0.441 e. The van der Waals surface area contributed by atoms with Crippen LogP contribution in [0.2, 0.25) is 5.02 Å². The van der Waals surface area contributed by atoms with E-state index in [9.17, 15) is 4.79 Å². The highest BCUT2D eigenvalue weighted by Gasteiger charge is 2.13. The van der Waals surface area contributed by atoms with Gasteiger partial charge in [0, 0.05) is 31.5 Å². The standard InChI is InChI=1S/C22H23ClN4O2/c23-18-7-3-2-6-17(18)19-15-25-22(29-19)11-10-21(28)26-16-8-9-20(24-14-16)27-12-4-1-5-13-27/h2-3,6-9,14-15H,1,4-5,10-13H2,(H,26,28). The Kier molecular flexibility index (Phi) is 6.10. The maximum absolute atomic E-state index is 12.3. The van der Waals surface area contributed by atoms with Crippen molar-refractivity contribution in [3.05, 3.63) is 59.7 Å². The van der Waals surface area contributed by atoms with Crippen LogP contribution in [0.4, 0.5) is 11.5 Å². The zero-order chi connectivity index (χ0) is 20.1. The molecule has 3 aromatic rings. The second-order valence-corrected chi connectivity index (χ2v) is 7.51. The number of aryl methyl sites for hydroxylation is 1. The molecule has 0 radical (unpaired) electrons. The van der Waals surface area contributed by atoms with E-state index in [-0.39, 0.29) is 12.3 Å². The average Bonchev–Trinajstić information content (AvgIpc) is 3.23. The fourth-order valence-corrected chi connectivity index (χ4v) is 3.65. The number of aromatic nitrogens is 2. The van der Waals surface area contributed by atoms with Crippen molar-refractivity contribution < 1.29 is 9.21 Å². The number of carbonyl (C=O) groups is 1. The van der Waals surface area contributed by atoms with Crippen LogP contribution in [-0.2, 0) is 11.2 Å². The molecule has 1 aliphatic heterocycles. The van der Waals surface area contributed by atoms with Crippen LogP contribution in [0.15, 0.2) is 53.2 Å². The van der Waals surface area contributed by atoms with Crippen LogP contribution in [0.25, 0.3) is 11.3 Å². The molecule has 0 atom stereocenters. The Morgan fingerprint density at radius 3 is 2.66 bits per heavy atom. The van der Waals surface area contributed by atoms with Gasteiger partial charge in [0.25, 0.3) is 0 Å². The predicted octanol–water partition coefficient (Wildman–Crippen LogP) is 4.95. The van der Waals surface area contributed by atoms with Crippen molar-refractivity contribution >= 4 is 29.0 Å². The molecule has 150 valence electrons. The summed E-state index contributed by atoms with van der Waals surface area (Å²) < 4.78 is 5.74. The van der Waals surface area contributed by atoms with Crippen molar-refractivity contribution in [2.45, 2.75) is 32.1 Å². The fourth-order valence-electron chi connectivity index (χ4n) is 3.43. The summed E-state index contributed by atoms with van der Waals surface area (Å²) in [7, 11) is 0. The quantitative estimate of drug-likeness (QED) is 0.622. The third-order valence-electron chi connectivity index (χ3n) is 4.97. The number of pyridine rings is 1. The van der Waals surface area contributed by atoms with Crippen LogP contribution < -0.4 is 10.2 Å². The number of halogens is 1. The Morgan fingerprint density at radius 1 is 1.07 bits per heavy atom. The molecule has 7 heteroatoms. The summed E-state index contributed by atoms with van der Waals surface area (Å²) >= 11 is 6.19. The molecule has 1 fully saturated rings. The number of hydrogen-bond donors (Lipinski definition) is 1. The van der Waals surface area contributed by atoms with E-state index >= 15 is 0 Å². The smallest absolute Gasteiger partial charge is 0.224 e. The maximum atomic E-state index is 12.3. The molecular formula is C22H23ClN4O2. The van der Waals surface area contributed by atoms with Gasteiger partial charge in [-0.1, -0.05) is 23.7 Å². The number of oxazole rings is 1. The van der Waals surface area contributed by atoms with Gasteiger partial charge >= 0.3 is 0 Å². The molecule has 0 bridgehead atoms. The van der Waals surface area contributed by atoms with Gasteiger partial charge in [-0.3, -0.25) is 4.79 Å². The number of nitrogens with zero attached hydrogens (tertiary/aromatic N) is 3. The molecule has 1 aromatic carbocycles. The largest absolute Gasteiger partial charge is 0.441 e. The maximum Gasteiger partial charge on any atom is 0.224 e. The number of amides is 1. The van der Waals surface area contributed by atoms with Crippen molar-refractivity contribution in [1.29, 1.82) is 0 Å². The van der Waals surface area contributed by atoms with E-state index in [1.54, 1.807) is 18.5 Å². The molecule has 1 amide bonds. The summed E-state index contributed by atoms with van der Waals surface area (Å²) in [6.45, 7) is 2.09. The van der Waals surface area contributed by atoms with E-state index in [4.69, 9.17) is 16.0 Å². The van der Waals surface area contributed by atoms with Crippen LogP contribution in [-0.4, -0.2) is 29.0 Å². The van der Waals surface area contributed by atoms with E-state index in [0.29, 0.717) is 28.8 Å². The highest BCUT2D eigenvalue weighted by molar-refractivity contribution is 6.33. The number of piperidine rings is 1. The van der Waals surface area contributed by atoms with Crippen molar-refractivity contribution in [2.75, 3.05) is 23.3 Å². The number of rotatable bonds is 6. The Labute approximate surface area is 174 Å². The number of nitrogens with one attached hydrogen (secondary N) is 1. The Balaban J connectivity index is 1.30. The lowest BCUT2D eigenvalue weighted by atomic mass is 10.1. The van der Waals surface area contributed by atoms with Gasteiger partial charge in [0.15, 0.2) is 11.7 Å². The minimum absolute atomic E-state index is 0.102. The number of carbonyl (C=O) groups excluding carboxylic acids is 1. The third kappa shape index (κ3) is 4.95. The van der Waals surface area contributed by atoms with Gasteiger partial charge < -0.3 is 14.6 Å². The van der Waals surface area contributed by atoms with E-state index in [1.807, 2.05) is 30.3 Å². The molecule has 0 aliphatic carbocycles. The van der Waals surface area contributed by atoms with E-state index < -0.39 is 0 Å². The van der Waals surface area contributed by atoms with Gasteiger partial charge in [-0.15, -0.1) is 0 Å². The Morgan fingerprint density at radius 2 is 1.90 bits per heavy atom. The summed E-state index contributed by atoms with van der Waals surface area (Å²) in [5, 5.41) is 3.48. The van der Waals surface area contributed by atoms with Gasteiger partial charge in [-0.2, -0.15) is 0 Å². The van der Waals surface area contributed by atoms with Crippen molar-refractivity contribution in [3.8, 4) is 11.3 Å². The number of hydrogen-bond acceptors (Lipinski definition) is 5. The molecule has 3 heterocycles. The molecule has 1 aliphatic rings. The molecule has 1 saturated heterocycles. The average molecular weight is 411 g/mol. The number of anilines is 2. The molecule has 6 nitrogen and oxygen atoms in total. The summed E-state index contributed by atoms with van der Waals surface area (Å²) in [4.78, 5) is 23.3. The first-order valence-electron chi connectivity index (χ1n) is 9.89. The summed E-state index contributed by atoms with van der Waals surface area (Å²) in [6, 6.07) is 11.3.